The van der Waals surface area contributed by atoms with Crippen molar-refractivity contribution in [2.45, 2.75) is 103 Å². The first kappa shape index (κ1) is 27.1. The van der Waals surface area contributed by atoms with Crippen LogP contribution < -0.4 is 0 Å². The van der Waals surface area contributed by atoms with E-state index in [1.54, 1.807) is 19.1 Å². The maximum atomic E-state index is 13.4. The first-order valence-electron chi connectivity index (χ1n) is 15.3. The monoisotopic (exact) mass is 536 g/mol. The minimum absolute atomic E-state index is 0.00855. The Hall–Kier alpha value is -2.05. The smallest absolute Gasteiger partial charge is 0.338 e. The molecular formula is C33H44O6. The molecule has 0 amide bonds. The lowest BCUT2D eigenvalue weighted by Gasteiger charge is -2.64. The molecule has 0 spiro atoms. The number of carbonyl (C=O) groups excluding carboxylic acids is 3. The first-order chi connectivity index (χ1) is 18.7. The van der Waals surface area contributed by atoms with Gasteiger partial charge >= 0.3 is 5.97 Å². The van der Waals surface area contributed by atoms with Gasteiger partial charge in [0.2, 0.25) is 0 Å². The molecule has 4 aliphatic carbocycles. The Morgan fingerprint density at radius 2 is 1.79 bits per heavy atom. The Bertz CT molecular complexity index is 1090. The van der Waals surface area contributed by atoms with Crippen molar-refractivity contribution in [3.8, 4) is 0 Å². The Balaban J connectivity index is 1.41. The lowest BCUT2D eigenvalue weighted by Crippen LogP contribution is -2.64. The van der Waals surface area contributed by atoms with Gasteiger partial charge in [0, 0.05) is 31.3 Å². The number of hydrogen-bond acceptors (Lipinski definition) is 6. The van der Waals surface area contributed by atoms with E-state index in [0.29, 0.717) is 37.2 Å². The van der Waals surface area contributed by atoms with Gasteiger partial charge in [0.1, 0.15) is 17.7 Å². The molecule has 0 bridgehead atoms. The number of rotatable bonds is 5. The van der Waals surface area contributed by atoms with E-state index in [1.807, 2.05) is 18.2 Å². The molecule has 4 saturated carbocycles. The molecule has 1 saturated heterocycles. The highest BCUT2D eigenvalue weighted by atomic mass is 16.7. The van der Waals surface area contributed by atoms with Gasteiger partial charge in [-0.1, -0.05) is 32.0 Å². The number of hydrogen-bond donors (Lipinski definition) is 0. The number of benzene rings is 1. The Morgan fingerprint density at radius 1 is 1.00 bits per heavy atom. The van der Waals surface area contributed by atoms with Gasteiger partial charge in [0.05, 0.1) is 11.7 Å². The summed E-state index contributed by atoms with van der Waals surface area (Å²) in [5.74, 6) is 0.921. The maximum absolute atomic E-state index is 13.4. The third-order valence-corrected chi connectivity index (χ3v) is 11.6. The average molecular weight is 537 g/mol. The van der Waals surface area contributed by atoms with E-state index in [-0.39, 0.29) is 70.7 Å². The summed E-state index contributed by atoms with van der Waals surface area (Å²) in [7, 11) is 0. The van der Waals surface area contributed by atoms with Crippen LogP contribution in [0.3, 0.4) is 0 Å². The number of carbonyl (C=O) groups is 3. The van der Waals surface area contributed by atoms with Gasteiger partial charge in [-0.15, -0.1) is 0 Å². The zero-order chi connectivity index (χ0) is 27.4. The summed E-state index contributed by atoms with van der Waals surface area (Å²) in [4.78, 5) is 39.1. The number of ketones is 2. The zero-order valence-electron chi connectivity index (χ0n) is 23.7. The average Bonchev–Trinajstić information content (AvgIpc) is 3.27. The van der Waals surface area contributed by atoms with Crippen molar-refractivity contribution in [2.75, 3.05) is 6.61 Å². The summed E-state index contributed by atoms with van der Waals surface area (Å²) >= 11 is 0. The van der Waals surface area contributed by atoms with E-state index in [0.717, 1.165) is 44.9 Å². The Kier molecular flexibility index (Phi) is 7.24. The summed E-state index contributed by atoms with van der Waals surface area (Å²) < 4.78 is 19.5. The second kappa shape index (κ2) is 10.4. The van der Waals surface area contributed by atoms with Crippen LogP contribution in [0.15, 0.2) is 30.3 Å². The highest BCUT2D eigenvalue weighted by Gasteiger charge is 2.67. The normalized spacial score (nSPS) is 43.6. The molecule has 0 radical (unpaired) electrons. The molecule has 1 aromatic carbocycles. The molecule has 1 aliphatic heterocycles. The van der Waals surface area contributed by atoms with E-state index in [1.165, 1.54) is 0 Å². The number of Topliss-reactive ketones (excluding diaryl/α,β-unsaturated/α-hetero) is 2. The molecular weight excluding hydrogens is 492 g/mol. The van der Waals surface area contributed by atoms with Gasteiger partial charge in [-0.25, -0.2) is 4.79 Å². The maximum Gasteiger partial charge on any atom is 0.338 e. The van der Waals surface area contributed by atoms with Crippen molar-refractivity contribution in [1.29, 1.82) is 0 Å². The predicted molar refractivity (Wildman–Crippen MR) is 146 cm³/mol. The van der Waals surface area contributed by atoms with Crippen LogP contribution in [0.4, 0.5) is 0 Å². The van der Waals surface area contributed by atoms with E-state index < -0.39 is 0 Å². The third-order valence-electron chi connectivity index (χ3n) is 11.6. The molecule has 5 fully saturated rings. The van der Waals surface area contributed by atoms with E-state index >= 15 is 0 Å². The van der Waals surface area contributed by atoms with Crippen molar-refractivity contribution in [2.24, 2.45) is 40.4 Å². The first-order valence-corrected chi connectivity index (χ1v) is 15.3. The minimum atomic E-state index is -0.305. The van der Waals surface area contributed by atoms with Crippen LogP contribution in [0.2, 0.25) is 0 Å². The summed E-state index contributed by atoms with van der Waals surface area (Å²) in [6.07, 6.45) is 7.76. The van der Waals surface area contributed by atoms with Crippen molar-refractivity contribution in [1.82, 2.24) is 0 Å². The fourth-order valence-electron chi connectivity index (χ4n) is 9.78. The summed E-state index contributed by atoms with van der Waals surface area (Å²) in [5.41, 5.74) is 0.262. The molecule has 6 nitrogen and oxygen atoms in total. The van der Waals surface area contributed by atoms with Crippen LogP contribution in [0, 0.1) is 40.4 Å². The zero-order valence-corrected chi connectivity index (χ0v) is 23.7. The van der Waals surface area contributed by atoms with E-state index in [2.05, 4.69) is 13.8 Å². The van der Waals surface area contributed by atoms with Crippen LogP contribution in [-0.4, -0.2) is 42.6 Å². The number of fused-ring (bicyclic) bond motifs is 5. The predicted octanol–water partition coefficient (Wildman–Crippen LogP) is 6.16. The van der Waals surface area contributed by atoms with Gasteiger partial charge < -0.3 is 14.2 Å². The van der Waals surface area contributed by atoms with Gasteiger partial charge in [0.15, 0.2) is 6.29 Å². The molecule has 6 rings (SSSR count). The topological polar surface area (TPSA) is 78.9 Å². The second-order valence-corrected chi connectivity index (χ2v) is 13.6. The molecule has 0 N–H and O–H groups in total. The fraction of sp³-hybridized carbons (Fsp3) is 0.727. The van der Waals surface area contributed by atoms with Crippen LogP contribution in [0.25, 0.3) is 0 Å². The molecule has 1 heterocycles. The van der Waals surface area contributed by atoms with Crippen LogP contribution >= 0.6 is 0 Å². The highest BCUT2D eigenvalue weighted by Crippen LogP contribution is 2.68. The Morgan fingerprint density at radius 3 is 2.51 bits per heavy atom. The third kappa shape index (κ3) is 4.69. The van der Waals surface area contributed by atoms with Crippen LogP contribution in [-0.2, 0) is 23.8 Å². The van der Waals surface area contributed by atoms with Gasteiger partial charge in [0.25, 0.3) is 0 Å². The number of ether oxygens (including phenoxy) is 3. The standard InChI is InChI=1S/C33H44O6/c1-20(34)24-12-13-25-29-26(39-31(36)21-9-5-4-6-10-21)18-22-17-23(35)14-15-32(22,2)30(29)27(19-33(24,25)3)38-28-11-7-8-16-37-28/h4-6,9-10,22,24-30H,7-8,11-19H2,1-3H3/t22?,24?,25?,26-,27+,28?,29?,30?,32-,33+/m0/s1. The second-order valence-electron chi connectivity index (χ2n) is 13.6. The molecule has 6 unspecified atom stereocenters. The molecule has 212 valence electrons. The quantitative estimate of drug-likeness (QED) is 0.420. The minimum Gasteiger partial charge on any atom is -0.458 e. The molecule has 5 aliphatic rings. The largest absolute Gasteiger partial charge is 0.458 e. The molecule has 0 aromatic heterocycles. The van der Waals surface area contributed by atoms with E-state index in [9.17, 15) is 14.4 Å². The summed E-state index contributed by atoms with van der Waals surface area (Å²) in [5, 5.41) is 0. The number of esters is 1. The van der Waals surface area contributed by atoms with Gasteiger partial charge in [-0.05, 0) is 99.0 Å². The van der Waals surface area contributed by atoms with Gasteiger partial charge in [-0.2, -0.15) is 0 Å². The van der Waals surface area contributed by atoms with E-state index in [4.69, 9.17) is 14.2 Å². The van der Waals surface area contributed by atoms with Crippen molar-refractivity contribution in [3.63, 3.8) is 0 Å². The van der Waals surface area contributed by atoms with Crippen molar-refractivity contribution >= 4 is 17.5 Å². The summed E-state index contributed by atoms with van der Waals surface area (Å²) in [6, 6.07) is 9.22. The highest BCUT2D eigenvalue weighted by molar-refractivity contribution is 5.89. The molecule has 1 aromatic rings. The molecule has 10 atom stereocenters. The summed E-state index contributed by atoms with van der Waals surface area (Å²) in [6.45, 7) is 7.12. The van der Waals surface area contributed by atoms with Crippen molar-refractivity contribution in [3.05, 3.63) is 35.9 Å². The van der Waals surface area contributed by atoms with Crippen LogP contribution in [0.5, 0.6) is 0 Å². The van der Waals surface area contributed by atoms with Gasteiger partial charge in [-0.3, -0.25) is 9.59 Å². The Labute approximate surface area is 232 Å². The molecule has 6 heteroatoms. The van der Waals surface area contributed by atoms with Crippen molar-refractivity contribution < 1.29 is 28.6 Å². The lowest BCUT2D eigenvalue weighted by atomic mass is 9.43. The molecule has 39 heavy (non-hydrogen) atoms. The SMILES string of the molecule is CC(=O)C1CCC2C3C([C@H](OC4CCCCO4)C[C@]12C)[C@@]1(C)CCC(=O)CC1C[C@@H]3OC(=O)c1ccccc1. The lowest BCUT2D eigenvalue weighted by molar-refractivity contribution is -0.265. The van der Waals surface area contributed by atoms with Crippen LogP contribution in [0.1, 0.15) is 95.3 Å². The fourth-order valence-corrected chi connectivity index (χ4v) is 9.78.